The third-order valence-corrected chi connectivity index (χ3v) is 5.38. The van der Waals surface area contributed by atoms with Crippen molar-refractivity contribution in [2.45, 2.75) is 65.1 Å². The average molecular weight is 369 g/mol. The molecule has 1 aliphatic rings. The van der Waals surface area contributed by atoms with E-state index >= 15 is 0 Å². The Hall–Kier alpha value is -2.14. The maximum absolute atomic E-state index is 12.8. The Kier molecular flexibility index (Phi) is 7.04. The number of H-pyrrole nitrogens is 1. The number of nitrogens with one attached hydrogen (secondary N) is 1. The van der Waals surface area contributed by atoms with Crippen LogP contribution in [0.3, 0.4) is 0 Å². The summed E-state index contributed by atoms with van der Waals surface area (Å²) < 4.78 is 0. The minimum atomic E-state index is 0.252. The highest BCUT2D eigenvalue weighted by Gasteiger charge is 2.28. The Morgan fingerprint density at radius 1 is 1.19 bits per heavy atom. The molecule has 27 heavy (non-hydrogen) atoms. The minimum Gasteiger partial charge on any atom is -0.345 e. The third-order valence-electron chi connectivity index (χ3n) is 5.38. The van der Waals surface area contributed by atoms with Crippen LogP contribution in [0, 0.1) is 0 Å². The van der Waals surface area contributed by atoms with Crippen LogP contribution in [0.5, 0.6) is 0 Å². The first kappa shape index (κ1) is 19.6. The quantitative estimate of drug-likeness (QED) is 0.772. The number of carbonyl (C=O) groups excluding carboxylic acids is 1. The molecule has 1 aromatic carbocycles. The third kappa shape index (κ3) is 5.42. The molecule has 0 radical (unpaired) electrons. The second-order valence-corrected chi connectivity index (χ2v) is 7.51. The molecule has 0 bridgehead atoms. The van der Waals surface area contributed by atoms with Gasteiger partial charge in [0.15, 0.2) is 0 Å². The maximum atomic E-state index is 12.8. The zero-order chi connectivity index (χ0) is 19.1. The molecule has 2 aromatic rings. The number of amides is 1. The topological polar surface area (TPSA) is 52.2 Å². The largest absolute Gasteiger partial charge is 0.345 e. The molecule has 1 fully saturated rings. The van der Waals surface area contributed by atoms with Gasteiger partial charge in [-0.05, 0) is 18.4 Å². The Labute approximate surface area is 162 Å². The van der Waals surface area contributed by atoms with E-state index in [2.05, 4.69) is 45.7 Å². The molecule has 5 heteroatoms. The fourth-order valence-electron chi connectivity index (χ4n) is 3.78. The van der Waals surface area contributed by atoms with E-state index in [-0.39, 0.29) is 11.9 Å². The van der Waals surface area contributed by atoms with Gasteiger partial charge in [-0.15, -0.1) is 0 Å². The molecule has 2 heterocycles. The van der Waals surface area contributed by atoms with Crippen LogP contribution in [0.4, 0.5) is 0 Å². The van der Waals surface area contributed by atoms with E-state index < -0.39 is 0 Å². The highest BCUT2D eigenvalue weighted by atomic mass is 16.2. The summed E-state index contributed by atoms with van der Waals surface area (Å²) in [6.07, 6.45) is 6.87. The van der Waals surface area contributed by atoms with Gasteiger partial charge in [-0.3, -0.25) is 9.69 Å². The van der Waals surface area contributed by atoms with Crippen molar-refractivity contribution in [3.63, 3.8) is 0 Å². The van der Waals surface area contributed by atoms with Crippen LogP contribution < -0.4 is 0 Å². The van der Waals surface area contributed by atoms with E-state index in [1.54, 1.807) is 0 Å². The molecule has 0 saturated carbocycles. The second-order valence-electron chi connectivity index (χ2n) is 7.51. The number of aromatic amines is 1. The van der Waals surface area contributed by atoms with E-state index in [1.165, 1.54) is 12.0 Å². The predicted octanol–water partition coefficient (Wildman–Crippen LogP) is 3.77. The smallest absolute Gasteiger partial charge is 0.224 e. The Bertz CT molecular complexity index is 712. The zero-order valence-corrected chi connectivity index (χ0v) is 16.7. The number of rotatable bonds is 8. The molecule has 1 aromatic heterocycles. The van der Waals surface area contributed by atoms with E-state index in [0.29, 0.717) is 13.0 Å². The lowest BCUT2D eigenvalue weighted by molar-refractivity contribution is -0.133. The van der Waals surface area contributed by atoms with Gasteiger partial charge in [0.2, 0.25) is 5.91 Å². The van der Waals surface area contributed by atoms with E-state index in [1.807, 2.05) is 24.4 Å². The minimum absolute atomic E-state index is 0.252. The Balaban J connectivity index is 1.64. The van der Waals surface area contributed by atoms with Gasteiger partial charge < -0.3 is 9.88 Å². The maximum Gasteiger partial charge on any atom is 0.224 e. The van der Waals surface area contributed by atoms with Crippen LogP contribution in [0.15, 0.2) is 36.5 Å². The van der Waals surface area contributed by atoms with E-state index in [0.717, 1.165) is 50.4 Å². The molecule has 5 nitrogen and oxygen atoms in total. The van der Waals surface area contributed by atoms with Crippen molar-refractivity contribution in [2.24, 2.45) is 0 Å². The van der Waals surface area contributed by atoms with Gasteiger partial charge >= 0.3 is 0 Å². The Morgan fingerprint density at radius 2 is 2.00 bits per heavy atom. The van der Waals surface area contributed by atoms with Crippen molar-refractivity contribution in [3.05, 3.63) is 53.6 Å². The fourth-order valence-corrected chi connectivity index (χ4v) is 3.78. The lowest BCUT2D eigenvalue weighted by Crippen LogP contribution is -2.42. The summed E-state index contributed by atoms with van der Waals surface area (Å²) >= 11 is 0. The van der Waals surface area contributed by atoms with Gasteiger partial charge in [0.25, 0.3) is 0 Å². The fraction of sp³-hybridized carbons (Fsp3) is 0.545. The summed E-state index contributed by atoms with van der Waals surface area (Å²) in [5, 5.41) is 0. The zero-order valence-electron chi connectivity index (χ0n) is 16.7. The van der Waals surface area contributed by atoms with E-state index in [4.69, 9.17) is 0 Å². The normalized spacial score (nSPS) is 18.7. The molecule has 1 atom stereocenters. The number of aromatic nitrogens is 2. The van der Waals surface area contributed by atoms with Crippen molar-refractivity contribution in [3.8, 4) is 0 Å². The molecule has 0 unspecified atom stereocenters. The number of imidazole rings is 1. The summed E-state index contributed by atoms with van der Waals surface area (Å²) in [6, 6.07) is 10.6. The van der Waals surface area contributed by atoms with Crippen molar-refractivity contribution >= 4 is 5.91 Å². The summed E-state index contributed by atoms with van der Waals surface area (Å²) in [5.74, 6) is 1.34. The number of aryl methyl sites for hydroxylation is 1. The first-order valence-corrected chi connectivity index (χ1v) is 10.3. The van der Waals surface area contributed by atoms with Crippen LogP contribution in [0.25, 0.3) is 0 Å². The number of benzene rings is 1. The number of hydrogen-bond acceptors (Lipinski definition) is 3. The van der Waals surface area contributed by atoms with Gasteiger partial charge in [-0.2, -0.15) is 0 Å². The van der Waals surface area contributed by atoms with Gasteiger partial charge in [0.05, 0.1) is 0 Å². The number of hydrogen-bond donors (Lipinski definition) is 1. The molecular weight excluding hydrogens is 336 g/mol. The number of carbonyl (C=O) groups is 1. The highest BCUT2D eigenvalue weighted by molar-refractivity contribution is 5.77. The summed E-state index contributed by atoms with van der Waals surface area (Å²) in [5.41, 5.74) is 2.35. The number of nitrogens with zero attached hydrogens (tertiary/aromatic N) is 3. The monoisotopic (exact) mass is 368 g/mol. The van der Waals surface area contributed by atoms with Crippen LogP contribution in [0.2, 0.25) is 0 Å². The van der Waals surface area contributed by atoms with Gasteiger partial charge in [-0.25, -0.2) is 4.98 Å². The lowest BCUT2D eigenvalue weighted by atomic mass is 10.1. The first-order valence-electron chi connectivity index (χ1n) is 10.3. The second kappa shape index (κ2) is 9.70. The van der Waals surface area contributed by atoms with Crippen LogP contribution in [0.1, 0.15) is 56.6 Å². The van der Waals surface area contributed by atoms with Crippen molar-refractivity contribution in [1.82, 2.24) is 19.8 Å². The highest BCUT2D eigenvalue weighted by Crippen LogP contribution is 2.19. The molecule has 1 saturated heterocycles. The molecule has 1 N–H and O–H groups in total. The van der Waals surface area contributed by atoms with Gasteiger partial charge in [-0.1, -0.05) is 50.6 Å². The molecular formula is C22H32N4O. The van der Waals surface area contributed by atoms with Crippen molar-refractivity contribution < 1.29 is 4.79 Å². The number of unbranched alkanes of at least 4 members (excludes halogenated alkanes) is 1. The molecule has 0 aliphatic carbocycles. The van der Waals surface area contributed by atoms with E-state index in [9.17, 15) is 4.79 Å². The van der Waals surface area contributed by atoms with Gasteiger partial charge in [0.1, 0.15) is 5.82 Å². The predicted molar refractivity (Wildman–Crippen MR) is 108 cm³/mol. The van der Waals surface area contributed by atoms with Crippen molar-refractivity contribution in [1.29, 1.82) is 0 Å². The summed E-state index contributed by atoms with van der Waals surface area (Å²) in [4.78, 5) is 25.2. The van der Waals surface area contributed by atoms with Gasteiger partial charge in [0, 0.05) is 57.0 Å². The van der Waals surface area contributed by atoms with Crippen LogP contribution >= 0.6 is 0 Å². The molecule has 3 rings (SSSR count). The summed E-state index contributed by atoms with van der Waals surface area (Å²) in [6.45, 7) is 7.64. The van der Waals surface area contributed by atoms with Crippen molar-refractivity contribution in [2.75, 3.05) is 13.1 Å². The summed E-state index contributed by atoms with van der Waals surface area (Å²) in [7, 11) is 0. The SMILES string of the molecule is CCCCc1ncc(CN2CCC(=O)N(Cc3ccccc3)[C@H](CC)C2)[nH]1. The molecule has 1 amide bonds. The molecule has 146 valence electrons. The first-order chi connectivity index (χ1) is 13.2. The van der Waals surface area contributed by atoms with Crippen LogP contribution in [-0.2, 0) is 24.3 Å². The molecule has 0 spiro atoms. The lowest BCUT2D eigenvalue weighted by Gasteiger charge is -2.31. The van der Waals surface area contributed by atoms with Crippen LogP contribution in [-0.4, -0.2) is 44.8 Å². The standard InChI is InChI=1S/C22H32N4O/c1-3-5-11-21-23-14-19(24-21)16-25-13-12-22(27)26(20(4-2)17-25)15-18-9-7-6-8-10-18/h6-10,14,20H,3-5,11-13,15-17H2,1-2H3,(H,23,24)/t20-/m1/s1. The Morgan fingerprint density at radius 3 is 2.74 bits per heavy atom. The average Bonchev–Trinajstić information content (AvgIpc) is 3.08. The molecule has 1 aliphatic heterocycles.